The normalized spacial score (nSPS) is 14.0. The SMILES string of the molecule is Cc1cc(C)n(-c2ccc(CNC(=O)[C@H](C)N3CCc4ccccc43)cn2)n1. The molecule has 2 aromatic heterocycles. The van der Waals surface area contributed by atoms with Gasteiger partial charge in [0.1, 0.15) is 6.04 Å². The third-order valence-electron chi connectivity index (χ3n) is 5.27. The number of carbonyl (C=O) groups excluding carboxylic acids is 1. The lowest BCUT2D eigenvalue weighted by atomic mass is 10.1. The van der Waals surface area contributed by atoms with Crippen LogP contribution in [0.1, 0.15) is 29.4 Å². The van der Waals surface area contributed by atoms with Crippen molar-refractivity contribution in [2.75, 3.05) is 11.4 Å². The summed E-state index contributed by atoms with van der Waals surface area (Å²) in [5.41, 5.74) is 5.46. The Morgan fingerprint density at radius 1 is 1.21 bits per heavy atom. The van der Waals surface area contributed by atoms with Gasteiger partial charge in [-0.1, -0.05) is 24.3 Å². The summed E-state index contributed by atoms with van der Waals surface area (Å²) >= 11 is 0. The van der Waals surface area contributed by atoms with Crippen LogP contribution >= 0.6 is 0 Å². The molecule has 1 aliphatic heterocycles. The first-order valence-electron chi connectivity index (χ1n) is 9.64. The molecule has 0 aliphatic carbocycles. The lowest BCUT2D eigenvalue weighted by Gasteiger charge is -2.26. The van der Waals surface area contributed by atoms with Crippen LogP contribution in [0.25, 0.3) is 5.82 Å². The third-order valence-corrected chi connectivity index (χ3v) is 5.27. The number of rotatable bonds is 5. The van der Waals surface area contributed by atoms with Crippen molar-refractivity contribution in [3.63, 3.8) is 0 Å². The van der Waals surface area contributed by atoms with Crippen LogP contribution in [0.3, 0.4) is 0 Å². The second-order valence-corrected chi connectivity index (χ2v) is 7.33. The lowest BCUT2D eigenvalue weighted by Crippen LogP contribution is -2.44. The molecule has 3 heterocycles. The number of amides is 1. The maximum absolute atomic E-state index is 12.7. The highest BCUT2D eigenvalue weighted by Crippen LogP contribution is 2.29. The number of nitrogens with zero attached hydrogens (tertiary/aromatic N) is 4. The van der Waals surface area contributed by atoms with Gasteiger partial charge in [-0.25, -0.2) is 9.67 Å². The van der Waals surface area contributed by atoms with Crippen molar-refractivity contribution < 1.29 is 4.79 Å². The molecule has 28 heavy (non-hydrogen) atoms. The number of carbonyl (C=O) groups is 1. The Kier molecular flexibility index (Phi) is 4.86. The van der Waals surface area contributed by atoms with E-state index in [0.29, 0.717) is 6.54 Å². The summed E-state index contributed by atoms with van der Waals surface area (Å²) < 4.78 is 1.82. The number of aryl methyl sites for hydroxylation is 2. The van der Waals surface area contributed by atoms with Gasteiger partial charge in [-0.3, -0.25) is 4.79 Å². The highest BCUT2D eigenvalue weighted by Gasteiger charge is 2.27. The summed E-state index contributed by atoms with van der Waals surface area (Å²) in [5.74, 6) is 0.807. The predicted octanol–water partition coefficient (Wildman–Crippen LogP) is 2.95. The van der Waals surface area contributed by atoms with Gasteiger partial charge in [0.05, 0.1) is 5.69 Å². The molecule has 1 aromatic carbocycles. The first-order valence-corrected chi connectivity index (χ1v) is 9.64. The van der Waals surface area contributed by atoms with E-state index in [0.717, 1.165) is 35.7 Å². The summed E-state index contributed by atoms with van der Waals surface area (Å²) in [6, 6.07) is 14.0. The molecule has 0 unspecified atom stereocenters. The van der Waals surface area contributed by atoms with Crippen molar-refractivity contribution in [2.45, 2.75) is 39.8 Å². The zero-order valence-electron chi connectivity index (χ0n) is 16.5. The highest BCUT2D eigenvalue weighted by molar-refractivity contribution is 5.85. The number of hydrogen-bond donors (Lipinski definition) is 1. The molecule has 0 bridgehead atoms. The van der Waals surface area contributed by atoms with Crippen LogP contribution < -0.4 is 10.2 Å². The minimum Gasteiger partial charge on any atom is -0.359 e. The Morgan fingerprint density at radius 3 is 2.75 bits per heavy atom. The van der Waals surface area contributed by atoms with Crippen molar-refractivity contribution in [1.82, 2.24) is 20.1 Å². The van der Waals surface area contributed by atoms with E-state index in [1.165, 1.54) is 11.3 Å². The van der Waals surface area contributed by atoms with Gasteiger partial charge in [0, 0.05) is 30.7 Å². The molecule has 6 nitrogen and oxygen atoms in total. The summed E-state index contributed by atoms with van der Waals surface area (Å²) in [7, 11) is 0. The summed E-state index contributed by atoms with van der Waals surface area (Å²) in [6.45, 7) is 7.28. The Labute approximate surface area is 165 Å². The second-order valence-electron chi connectivity index (χ2n) is 7.33. The van der Waals surface area contributed by atoms with Crippen molar-refractivity contribution in [3.05, 3.63) is 71.2 Å². The maximum Gasteiger partial charge on any atom is 0.242 e. The molecule has 0 radical (unpaired) electrons. The lowest BCUT2D eigenvalue weighted by molar-refractivity contribution is -0.122. The molecule has 1 N–H and O–H groups in total. The van der Waals surface area contributed by atoms with E-state index in [9.17, 15) is 4.79 Å². The number of hydrogen-bond acceptors (Lipinski definition) is 4. The van der Waals surface area contributed by atoms with Crippen LogP contribution in [-0.4, -0.2) is 33.3 Å². The molecule has 144 valence electrons. The Balaban J connectivity index is 1.38. The topological polar surface area (TPSA) is 63.1 Å². The van der Waals surface area contributed by atoms with Gasteiger partial charge < -0.3 is 10.2 Å². The molecule has 0 fully saturated rings. The number of pyridine rings is 1. The van der Waals surface area contributed by atoms with Crippen molar-refractivity contribution >= 4 is 11.6 Å². The minimum atomic E-state index is -0.203. The van der Waals surface area contributed by atoms with E-state index in [4.69, 9.17) is 0 Å². The number of anilines is 1. The van der Waals surface area contributed by atoms with Gasteiger partial charge in [0.25, 0.3) is 0 Å². The smallest absolute Gasteiger partial charge is 0.242 e. The molecule has 4 rings (SSSR count). The second kappa shape index (κ2) is 7.46. The van der Waals surface area contributed by atoms with E-state index in [1.54, 1.807) is 6.20 Å². The largest absolute Gasteiger partial charge is 0.359 e. The molecule has 1 aliphatic rings. The van der Waals surface area contributed by atoms with Crippen LogP contribution in [0.2, 0.25) is 0 Å². The number of benzene rings is 1. The fourth-order valence-electron chi connectivity index (χ4n) is 3.75. The van der Waals surface area contributed by atoms with Gasteiger partial charge >= 0.3 is 0 Å². The summed E-state index contributed by atoms with van der Waals surface area (Å²) in [6.07, 6.45) is 2.79. The quantitative estimate of drug-likeness (QED) is 0.745. The fourth-order valence-corrected chi connectivity index (χ4v) is 3.75. The predicted molar refractivity (Wildman–Crippen MR) is 110 cm³/mol. The van der Waals surface area contributed by atoms with E-state index >= 15 is 0 Å². The standard InChI is InChI=1S/C22H25N5O/c1-15-12-16(2)27(25-15)21-9-8-18(13-23-21)14-24-22(28)17(3)26-11-10-19-6-4-5-7-20(19)26/h4-9,12-13,17H,10-11,14H2,1-3H3,(H,24,28)/t17-/m0/s1. The van der Waals surface area contributed by atoms with Gasteiger partial charge in [0.2, 0.25) is 5.91 Å². The van der Waals surface area contributed by atoms with Crippen LogP contribution in [0.5, 0.6) is 0 Å². The van der Waals surface area contributed by atoms with Crippen molar-refractivity contribution in [2.24, 2.45) is 0 Å². The average Bonchev–Trinajstić information content (AvgIpc) is 3.28. The van der Waals surface area contributed by atoms with E-state index in [2.05, 4.69) is 38.5 Å². The van der Waals surface area contributed by atoms with E-state index in [-0.39, 0.29) is 11.9 Å². The van der Waals surface area contributed by atoms with Crippen LogP contribution in [0.4, 0.5) is 5.69 Å². The third kappa shape index (κ3) is 3.50. The van der Waals surface area contributed by atoms with E-state index in [1.807, 2.05) is 49.7 Å². The van der Waals surface area contributed by atoms with Crippen LogP contribution in [0, 0.1) is 13.8 Å². The minimum absolute atomic E-state index is 0.0272. The summed E-state index contributed by atoms with van der Waals surface area (Å²) in [4.78, 5) is 19.3. The van der Waals surface area contributed by atoms with Gasteiger partial charge in [0.15, 0.2) is 5.82 Å². The summed E-state index contributed by atoms with van der Waals surface area (Å²) in [5, 5.41) is 7.49. The molecule has 0 spiro atoms. The molecule has 1 amide bonds. The Morgan fingerprint density at radius 2 is 2.04 bits per heavy atom. The molecule has 1 atom stereocenters. The van der Waals surface area contributed by atoms with Gasteiger partial charge in [-0.15, -0.1) is 0 Å². The van der Waals surface area contributed by atoms with E-state index < -0.39 is 0 Å². The van der Waals surface area contributed by atoms with Crippen molar-refractivity contribution in [1.29, 1.82) is 0 Å². The van der Waals surface area contributed by atoms with Crippen LogP contribution in [0.15, 0.2) is 48.7 Å². The number of para-hydroxylation sites is 1. The Hall–Kier alpha value is -3.15. The highest BCUT2D eigenvalue weighted by atomic mass is 16.2. The molecule has 0 saturated heterocycles. The zero-order valence-corrected chi connectivity index (χ0v) is 16.5. The van der Waals surface area contributed by atoms with Crippen LogP contribution in [-0.2, 0) is 17.8 Å². The van der Waals surface area contributed by atoms with Gasteiger partial charge in [-0.05, 0) is 56.5 Å². The van der Waals surface area contributed by atoms with Crippen molar-refractivity contribution in [3.8, 4) is 5.82 Å². The maximum atomic E-state index is 12.7. The monoisotopic (exact) mass is 375 g/mol. The fraction of sp³-hybridized carbons (Fsp3) is 0.318. The average molecular weight is 375 g/mol. The molecule has 0 saturated carbocycles. The number of aromatic nitrogens is 3. The first-order chi connectivity index (χ1) is 13.5. The molecule has 6 heteroatoms. The number of nitrogens with one attached hydrogen (secondary N) is 1. The van der Waals surface area contributed by atoms with Gasteiger partial charge in [-0.2, -0.15) is 5.10 Å². The first kappa shape index (κ1) is 18.2. The zero-order chi connectivity index (χ0) is 19.7. The Bertz CT molecular complexity index is 992. The molecule has 3 aromatic rings. The molecular weight excluding hydrogens is 350 g/mol. The molecular formula is C22H25N5O. The number of fused-ring (bicyclic) bond motifs is 1.